The zero-order valence-corrected chi connectivity index (χ0v) is 11.6. The molecule has 104 valence electrons. The van der Waals surface area contributed by atoms with Gasteiger partial charge >= 0.3 is 6.09 Å². The molecule has 6 heteroatoms. The maximum absolute atomic E-state index is 11.8. The Balaban J connectivity index is 2.51. The Kier molecular flexibility index (Phi) is 4.93. The van der Waals surface area contributed by atoms with E-state index >= 15 is 0 Å². The van der Waals surface area contributed by atoms with E-state index in [0.717, 1.165) is 6.42 Å². The third-order valence-corrected chi connectivity index (χ3v) is 2.55. The predicted molar refractivity (Wildman–Crippen MR) is 72.6 cm³/mol. The van der Waals surface area contributed by atoms with Crippen molar-refractivity contribution in [1.29, 1.82) is 5.26 Å². The summed E-state index contributed by atoms with van der Waals surface area (Å²) in [5.74, 6) is 0. The summed E-state index contributed by atoms with van der Waals surface area (Å²) in [6, 6.07) is 1.92. The average molecular weight is 264 g/mol. The number of allylic oxidation sites excluding steroid dienone is 1. The molecule has 1 amide bonds. The molecule has 6 nitrogen and oxygen atoms in total. The van der Waals surface area contributed by atoms with Crippen LogP contribution >= 0.6 is 0 Å². The number of ether oxygens (including phenoxy) is 1. The molecule has 0 aliphatic carbocycles. The normalized spacial score (nSPS) is 20.6. The highest BCUT2D eigenvalue weighted by molar-refractivity contribution is 5.83. The molecule has 0 aromatic rings. The SMILES string of the molecule is CC(C)(C)OC(=O)N1CC[C@H](N=CC(C#N)=CN)C1. The van der Waals surface area contributed by atoms with Crippen LogP contribution in [0.5, 0.6) is 0 Å². The lowest BCUT2D eigenvalue weighted by Crippen LogP contribution is -2.35. The van der Waals surface area contributed by atoms with Gasteiger partial charge < -0.3 is 15.4 Å². The fraction of sp³-hybridized carbons (Fsp3) is 0.615. The Morgan fingerprint density at radius 2 is 2.26 bits per heavy atom. The monoisotopic (exact) mass is 264 g/mol. The van der Waals surface area contributed by atoms with Crippen LogP contribution in [-0.2, 0) is 4.74 Å². The molecule has 0 saturated carbocycles. The van der Waals surface area contributed by atoms with Crippen LogP contribution in [0.25, 0.3) is 0 Å². The second-order valence-corrected chi connectivity index (χ2v) is 5.38. The molecule has 1 heterocycles. The first-order valence-corrected chi connectivity index (χ1v) is 6.19. The molecule has 1 atom stereocenters. The quantitative estimate of drug-likeness (QED) is 0.603. The van der Waals surface area contributed by atoms with Gasteiger partial charge in [0.05, 0.1) is 11.6 Å². The van der Waals surface area contributed by atoms with Crippen LogP contribution in [0.2, 0.25) is 0 Å². The topological polar surface area (TPSA) is 91.7 Å². The van der Waals surface area contributed by atoms with E-state index in [-0.39, 0.29) is 12.1 Å². The minimum absolute atomic E-state index is 0.00387. The summed E-state index contributed by atoms with van der Waals surface area (Å²) in [5, 5.41) is 8.69. The molecule has 0 radical (unpaired) electrons. The second kappa shape index (κ2) is 6.23. The Bertz CT molecular complexity index is 429. The molecule has 1 aliphatic rings. The molecule has 0 spiro atoms. The first-order chi connectivity index (χ1) is 8.85. The van der Waals surface area contributed by atoms with Gasteiger partial charge in [-0.2, -0.15) is 5.26 Å². The Labute approximate surface area is 113 Å². The van der Waals surface area contributed by atoms with Crippen molar-refractivity contribution in [2.24, 2.45) is 10.7 Å². The molecule has 0 aromatic heterocycles. The molecule has 0 unspecified atom stereocenters. The van der Waals surface area contributed by atoms with E-state index in [1.165, 1.54) is 12.4 Å². The lowest BCUT2D eigenvalue weighted by Gasteiger charge is -2.24. The van der Waals surface area contributed by atoms with Crippen molar-refractivity contribution in [3.8, 4) is 6.07 Å². The van der Waals surface area contributed by atoms with E-state index in [2.05, 4.69) is 4.99 Å². The number of carbonyl (C=O) groups excluding carboxylic acids is 1. The van der Waals surface area contributed by atoms with E-state index in [1.807, 2.05) is 26.8 Å². The van der Waals surface area contributed by atoms with Crippen molar-refractivity contribution >= 4 is 12.3 Å². The van der Waals surface area contributed by atoms with Gasteiger partial charge in [0.25, 0.3) is 0 Å². The van der Waals surface area contributed by atoms with Crippen LogP contribution < -0.4 is 5.73 Å². The third-order valence-electron chi connectivity index (χ3n) is 2.55. The highest BCUT2D eigenvalue weighted by Gasteiger charge is 2.29. The molecular weight excluding hydrogens is 244 g/mol. The van der Waals surface area contributed by atoms with Crippen LogP contribution in [0, 0.1) is 11.3 Å². The van der Waals surface area contributed by atoms with Gasteiger partial charge in [0.15, 0.2) is 0 Å². The van der Waals surface area contributed by atoms with Gasteiger partial charge in [0.1, 0.15) is 11.7 Å². The summed E-state index contributed by atoms with van der Waals surface area (Å²) in [4.78, 5) is 17.7. The van der Waals surface area contributed by atoms with Crippen LogP contribution in [0.1, 0.15) is 27.2 Å². The molecule has 1 saturated heterocycles. The van der Waals surface area contributed by atoms with Gasteiger partial charge in [0, 0.05) is 25.5 Å². The number of hydrogen-bond acceptors (Lipinski definition) is 5. The molecule has 19 heavy (non-hydrogen) atoms. The van der Waals surface area contributed by atoms with E-state index < -0.39 is 5.60 Å². The van der Waals surface area contributed by atoms with Crippen molar-refractivity contribution < 1.29 is 9.53 Å². The fourth-order valence-electron chi connectivity index (χ4n) is 1.65. The van der Waals surface area contributed by atoms with Gasteiger partial charge in [-0.1, -0.05) is 0 Å². The molecule has 1 fully saturated rings. The fourth-order valence-corrected chi connectivity index (χ4v) is 1.65. The summed E-state index contributed by atoms with van der Waals surface area (Å²) >= 11 is 0. The lowest BCUT2D eigenvalue weighted by atomic mass is 10.2. The Morgan fingerprint density at radius 1 is 1.58 bits per heavy atom. The second-order valence-electron chi connectivity index (χ2n) is 5.38. The van der Waals surface area contributed by atoms with Crippen LogP contribution in [0.3, 0.4) is 0 Å². The van der Waals surface area contributed by atoms with Crippen molar-refractivity contribution in [2.45, 2.75) is 38.8 Å². The van der Waals surface area contributed by atoms with Gasteiger partial charge in [-0.25, -0.2) is 4.79 Å². The third kappa shape index (κ3) is 5.00. The number of nitrogens with zero attached hydrogens (tertiary/aromatic N) is 3. The van der Waals surface area contributed by atoms with Crippen molar-refractivity contribution in [3.05, 3.63) is 11.8 Å². The number of rotatable bonds is 2. The number of hydrogen-bond donors (Lipinski definition) is 1. The molecule has 1 rings (SSSR count). The number of likely N-dealkylation sites (tertiary alicyclic amines) is 1. The summed E-state index contributed by atoms with van der Waals surface area (Å²) in [5.41, 5.74) is 5.08. The lowest BCUT2D eigenvalue weighted by molar-refractivity contribution is 0.0293. The smallest absolute Gasteiger partial charge is 0.410 e. The van der Waals surface area contributed by atoms with Gasteiger partial charge in [-0.05, 0) is 27.2 Å². The predicted octanol–water partition coefficient (Wildman–Crippen LogP) is 1.43. The maximum atomic E-state index is 11.8. The zero-order chi connectivity index (χ0) is 14.5. The molecule has 0 bridgehead atoms. The number of carbonyl (C=O) groups is 1. The van der Waals surface area contributed by atoms with Gasteiger partial charge in [-0.3, -0.25) is 4.99 Å². The summed E-state index contributed by atoms with van der Waals surface area (Å²) in [7, 11) is 0. The molecule has 0 aromatic carbocycles. The highest BCUT2D eigenvalue weighted by atomic mass is 16.6. The maximum Gasteiger partial charge on any atom is 0.410 e. The van der Waals surface area contributed by atoms with Crippen LogP contribution in [0.4, 0.5) is 4.79 Å². The number of amides is 1. The van der Waals surface area contributed by atoms with E-state index in [4.69, 9.17) is 15.7 Å². The molecule has 2 N–H and O–H groups in total. The highest BCUT2D eigenvalue weighted by Crippen LogP contribution is 2.17. The number of aliphatic imine (C=N–C) groups is 1. The van der Waals surface area contributed by atoms with Crippen LogP contribution in [0.15, 0.2) is 16.8 Å². The standard InChI is InChI=1S/C13H20N4O2/c1-13(2,3)19-12(18)17-5-4-11(9-17)16-8-10(6-14)7-15/h6,8,11H,4-5,9,14H2,1-3H3/t11-/m0/s1. The Morgan fingerprint density at radius 3 is 2.79 bits per heavy atom. The van der Waals surface area contributed by atoms with Gasteiger partial charge in [-0.15, -0.1) is 0 Å². The first-order valence-electron chi connectivity index (χ1n) is 6.19. The molecular formula is C13H20N4O2. The average Bonchev–Trinajstić information content (AvgIpc) is 2.77. The largest absolute Gasteiger partial charge is 0.444 e. The van der Waals surface area contributed by atoms with Crippen molar-refractivity contribution in [1.82, 2.24) is 4.90 Å². The summed E-state index contributed by atoms with van der Waals surface area (Å²) < 4.78 is 5.29. The molecule has 1 aliphatic heterocycles. The minimum atomic E-state index is -0.491. The van der Waals surface area contributed by atoms with E-state index in [9.17, 15) is 4.79 Å². The van der Waals surface area contributed by atoms with Crippen LogP contribution in [-0.4, -0.2) is 41.9 Å². The first kappa shape index (κ1) is 15.0. The minimum Gasteiger partial charge on any atom is -0.444 e. The van der Waals surface area contributed by atoms with Crippen molar-refractivity contribution in [3.63, 3.8) is 0 Å². The number of nitrogens with two attached hydrogens (primary N) is 1. The van der Waals surface area contributed by atoms with Gasteiger partial charge in [0.2, 0.25) is 0 Å². The van der Waals surface area contributed by atoms with E-state index in [1.54, 1.807) is 4.90 Å². The number of nitriles is 1. The van der Waals surface area contributed by atoms with Crippen molar-refractivity contribution in [2.75, 3.05) is 13.1 Å². The summed E-state index contributed by atoms with van der Waals surface area (Å²) in [6.45, 7) is 6.63. The summed E-state index contributed by atoms with van der Waals surface area (Å²) in [6.07, 6.45) is 3.10. The van der Waals surface area contributed by atoms with E-state index in [0.29, 0.717) is 18.7 Å². The Hall–Kier alpha value is -2.03. The zero-order valence-electron chi connectivity index (χ0n) is 11.6.